The van der Waals surface area contributed by atoms with Gasteiger partial charge in [-0.1, -0.05) is 23.7 Å². The quantitative estimate of drug-likeness (QED) is 0.689. The first-order valence-electron chi connectivity index (χ1n) is 8.12. The van der Waals surface area contributed by atoms with E-state index in [1.54, 1.807) is 30.7 Å². The number of benzene rings is 1. The highest BCUT2D eigenvalue weighted by Gasteiger charge is 2.19. The van der Waals surface area contributed by atoms with Gasteiger partial charge in [-0.3, -0.25) is 18.5 Å². The van der Waals surface area contributed by atoms with Crippen LogP contribution in [0.4, 0.5) is 5.95 Å². The Balaban J connectivity index is 2.24. The average Bonchev–Trinajstić information content (AvgIpc) is 2.95. The number of rotatable bonds is 5. The molecule has 0 aliphatic heterocycles. The molecule has 2 N–H and O–H groups in total. The lowest BCUT2D eigenvalue weighted by atomic mass is 10.2. The molecule has 0 unspecified atom stereocenters. The highest BCUT2D eigenvalue weighted by atomic mass is 35.5. The number of imidazole rings is 1. The lowest BCUT2D eigenvalue weighted by Gasteiger charge is -2.12. The minimum Gasteiger partial charge on any atom is -0.392 e. The van der Waals surface area contributed by atoms with Crippen molar-refractivity contribution in [1.82, 2.24) is 18.7 Å². The molecule has 9 heteroatoms. The number of aliphatic hydroxyl groups excluding tert-OH is 1. The maximum absolute atomic E-state index is 12.7. The summed E-state index contributed by atoms with van der Waals surface area (Å²) in [6, 6.07) is 7.29. The standard InChI is InChI=1S/C17H20ClN5O3/c1-10(24)8-19-16-20-14-13(15(25)22(3)17(26)21(14)2)23(16)9-11-5-4-6-12(18)7-11/h4-7,10,24H,8-9H2,1-3H3,(H,19,20)/t10-/m0/s1. The van der Waals surface area contributed by atoms with Crippen LogP contribution in [0.1, 0.15) is 12.5 Å². The number of hydrogen-bond acceptors (Lipinski definition) is 5. The molecular formula is C17H20ClN5O3. The van der Waals surface area contributed by atoms with Gasteiger partial charge >= 0.3 is 5.69 Å². The molecule has 0 saturated carbocycles. The summed E-state index contributed by atoms with van der Waals surface area (Å²) in [4.78, 5) is 29.3. The summed E-state index contributed by atoms with van der Waals surface area (Å²) >= 11 is 6.06. The van der Waals surface area contributed by atoms with Crippen LogP contribution in [-0.2, 0) is 20.6 Å². The molecule has 0 bridgehead atoms. The SMILES string of the molecule is C[C@H](O)CNc1nc2c(c(=O)n(C)c(=O)n2C)n1Cc1cccc(Cl)c1. The van der Waals surface area contributed by atoms with Crippen LogP contribution in [0, 0.1) is 0 Å². The number of nitrogens with one attached hydrogen (secondary N) is 1. The zero-order chi connectivity index (χ0) is 19.0. The van der Waals surface area contributed by atoms with Crippen LogP contribution in [0.5, 0.6) is 0 Å². The van der Waals surface area contributed by atoms with Crippen LogP contribution in [0.3, 0.4) is 0 Å². The van der Waals surface area contributed by atoms with Gasteiger partial charge in [0.1, 0.15) is 0 Å². The van der Waals surface area contributed by atoms with Crippen molar-refractivity contribution < 1.29 is 5.11 Å². The molecule has 0 fully saturated rings. The fourth-order valence-electron chi connectivity index (χ4n) is 2.79. The van der Waals surface area contributed by atoms with Gasteiger partial charge < -0.3 is 10.4 Å². The van der Waals surface area contributed by atoms with Crippen molar-refractivity contribution in [2.24, 2.45) is 14.1 Å². The molecule has 2 heterocycles. The Bertz CT molecular complexity index is 1080. The number of aryl methyl sites for hydroxylation is 1. The van der Waals surface area contributed by atoms with E-state index in [9.17, 15) is 14.7 Å². The van der Waals surface area contributed by atoms with Crippen LogP contribution >= 0.6 is 11.6 Å². The first kappa shape index (κ1) is 18.2. The molecule has 1 atom stereocenters. The molecule has 0 saturated heterocycles. The molecule has 8 nitrogen and oxygen atoms in total. The highest BCUT2D eigenvalue weighted by Crippen LogP contribution is 2.19. The summed E-state index contributed by atoms with van der Waals surface area (Å²) in [5.74, 6) is 0.402. The minimum atomic E-state index is -0.596. The molecule has 3 rings (SSSR count). The van der Waals surface area contributed by atoms with Crippen molar-refractivity contribution in [2.75, 3.05) is 11.9 Å². The normalized spacial score (nSPS) is 12.5. The van der Waals surface area contributed by atoms with Crippen LogP contribution in [0.2, 0.25) is 5.02 Å². The van der Waals surface area contributed by atoms with Crippen molar-refractivity contribution in [1.29, 1.82) is 0 Å². The molecule has 0 amide bonds. The molecule has 2 aromatic heterocycles. The Morgan fingerprint density at radius 3 is 2.65 bits per heavy atom. The Labute approximate surface area is 154 Å². The summed E-state index contributed by atoms with van der Waals surface area (Å²) in [6.07, 6.45) is -0.596. The average molecular weight is 378 g/mol. The molecule has 0 spiro atoms. The molecule has 26 heavy (non-hydrogen) atoms. The first-order valence-corrected chi connectivity index (χ1v) is 8.50. The van der Waals surface area contributed by atoms with E-state index in [2.05, 4.69) is 10.3 Å². The van der Waals surface area contributed by atoms with Gasteiger partial charge in [0, 0.05) is 25.7 Å². The molecule has 138 valence electrons. The molecular weight excluding hydrogens is 358 g/mol. The van der Waals surface area contributed by atoms with Crippen molar-refractivity contribution >= 4 is 28.7 Å². The molecule has 0 aliphatic carbocycles. The zero-order valence-corrected chi connectivity index (χ0v) is 15.5. The van der Waals surface area contributed by atoms with Gasteiger partial charge in [0.2, 0.25) is 5.95 Å². The number of aliphatic hydroxyl groups is 1. The van der Waals surface area contributed by atoms with E-state index in [4.69, 9.17) is 11.6 Å². The number of aromatic nitrogens is 4. The van der Waals surface area contributed by atoms with Crippen molar-refractivity contribution in [3.63, 3.8) is 0 Å². The summed E-state index contributed by atoms with van der Waals surface area (Å²) in [5.41, 5.74) is 0.600. The van der Waals surface area contributed by atoms with Gasteiger partial charge in [-0.2, -0.15) is 4.98 Å². The fourth-order valence-corrected chi connectivity index (χ4v) is 3.01. The van der Waals surface area contributed by atoms with Gasteiger partial charge in [-0.15, -0.1) is 0 Å². The number of halogens is 1. The predicted octanol–water partition coefficient (Wildman–Crippen LogP) is 0.928. The van der Waals surface area contributed by atoms with Crippen LogP contribution in [-0.4, -0.2) is 36.4 Å². The lowest BCUT2D eigenvalue weighted by molar-refractivity contribution is 0.208. The second-order valence-electron chi connectivity index (χ2n) is 6.26. The number of nitrogens with zero attached hydrogens (tertiary/aromatic N) is 4. The third-order valence-corrected chi connectivity index (χ3v) is 4.37. The number of fused-ring (bicyclic) bond motifs is 1. The van der Waals surface area contributed by atoms with E-state index in [-0.39, 0.29) is 12.2 Å². The molecule has 0 aliphatic rings. The maximum Gasteiger partial charge on any atom is 0.332 e. The summed E-state index contributed by atoms with van der Waals surface area (Å²) < 4.78 is 4.08. The Kier molecular flexibility index (Phi) is 4.88. The monoisotopic (exact) mass is 377 g/mol. The summed E-state index contributed by atoms with van der Waals surface area (Å²) in [5, 5.41) is 13.2. The topological polar surface area (TPSA) is 94.1 Å². The van der Waals surface area contributed by atoms with E-state index >= 15 is 0 Å². The van der Waals surface area contributed by atoms with Crippen LogP contribution in [0.15, 0.2) is 33.9 Å². The third-order valence-electron chi connectivity index (χ3n) is 4.13. The second-order valence-corrected chi connectivity index (χ2v) is 6.70. The minimum absolute atomic E-state index is 0.257. The Morgan fingerprint density at radius 1 is 1.27 bits per heavy atom. The molecule has 0 radical (unpaired) electrons. The van der Waals surface area contributed by atoms with Gasteiger partial charge in [0.15, 0.2) is 11.2 Å². The van der Waals surface area contributed by atoms with Crippen molar-refractivity contribution in [2.45, 2.75) is 19.6 Å². The summed E-state index contributed by atoms with van der Waals surface area (Å²) in [6.45, 7) is 2.24. The second kappa shape index (κ2) is 6.97. The van der Waals surface area contributed by atoms with Crippen molar-refractivity contribution in [3.8, 4) is 0 Å². The van der Waals surface area contributed by atoms with Crippen LogP contribution in [0.25, 0.3) is 11.2 Å². The van der Waals surface area contributed by atoms with Gasteiger partial charge in [-0.05, 0) is 24.6 Å². The highest BCUT2D eigenvalue weighted by molar-refractivity contribution is 6.30. The largest absolute Gasteiger partial charge is 0.392 e. The fraction of sp³-hybridized carbons (Fsp3) is 0.353. The van der Waals surface area contributed by atoms with E-state index in [0.29, 0.717) is 23.0 Å². The summed E-state index contributed by atoms with van der Waals surface area (Å²) in [7, 11) is 3.00. The molecule has 3 aromatic rings. The number of hydrogen-bond donors (Lipinski definition) is 2. The van der Waals surface area contributed by atoms with Gasteiger partial charge in [0.05, 0.1) is 12.6 Å². The molecule has 1 aromatic carbocycles. The maximum atomic E-state index is 12.7. The van der Waals surface area contributed by atoms with E-state index in [1.807, 2.05) is 12.1 Å². The van der Waals surface area contributed by atoms with E-state index in [1.165, 1.54) is 11.6 Å². The van der Waals surface area contributed by atoms with E-state index in [0.717, 1.165) is 10.1 Å². The first-order chi connectivity index (χ1) is 12.3. The smallest absolute Gasteiger partial charge is 0.332 e. The lowest BCUT2D eigenvalue weighted by Crippen LogP contribution is -2.37. The van der Waals surface area contributed by atoms with Gasteiger partial charge in [0.25, 0.3) is 5.56 Å². The Hall–Kier alpha value is -2.58. The van der Waals surface area contributed by atoms with Crippen molar-refractivity contribution in [3.05, 3.63) is 55.7 Å². The number of anilines is 1. The third kappa shape index (κ3) is 3.25. The predicted molar refractivity (Wildman–Crippen MR) is 101 cm³/mol. The van der Waals surface area contributed by atoms with E-state index < -0.39 is 17.4 Å². The zero-order valence-electron chi connectivity index (χ0n) is 14.7. The van der Waals surface area contributed by atoms with Crippen LogP contribution < -0.4 is 16.6 Å². The Morgan fingerprint density at radius 2 is 2.00 bits per heavy atom. The van der Waals surface area contributed by atoms with Gasteiger partial charge in [-0.25, -0.2) is 4.79 Å².